The molecule has 0 bridgehead atoms. The Bertz CT molecular complexity index is 1060. The van der Waals surface area contributed by atoms with E-state index in [2.05, 4.69) is 31.6 Å². The van der Waals surface area contributed by atoms with Crippen LogP contribution in [0, 0.1) is 20.8 Å². The van der Waals surface area contributed by atoms with E-state index in [-0.39, 0.29) is 5.91 Å². The normalized spacial score (nSPS) is 11.1. The molecule has 0 aliphatic carbocycles. The van der Waals surface area contributed by atoms with E-state index in [1.165, 1.54) is 0 Å². The largest absolute Gasteiger partial charge is 0.496 e. The molecule has 1 aromatic heterocycles. The number of hydrogen-bond acceptors (Lipinski definition) is 4. The van der Waals surface area contributed by atoms with Crippen LogP contribution < -0.4 is 10.2 Å². The maximum atomic E-state index is 12.2. The highest BCUT2D eigenvalue weighted by atomic mass is 79.9. The highest BCUT2D eigenvalue weighted by Crippen LogP contribution is 2.24. The molecule has 1 heterocycles. The number of aryl methyl sites for hydroxylation is 2. The zero-order chi connectivity index (χ0) is 21.0. The lowest BCUT2D eigenvalue weighted by molar-refractivity contribution is 0.0955. The second-order valence-electron chi connectivity index (χ2n) is 6.78. The number of carbonyl (C=O) groups is 1. The molecule has 7 heteroatoms. The van der Waals surface area contributed by atoms with Crippen molar-refractivity contribution in [2.45, 2.75) is 27.3 Å². The van der Waals surface area contributed by atoms with Crippen molar-refractivity contribution >= 4 is 28.1 Å². The second-order valence-corrected chi connectivity index (χ2v) is 7.57. The minimum atomic E-state index is -0.248. The van der Waals surface area contributed by atoms with Gasteiger partial charge in [0, 0.05) is 11.1 Å². The predicted octanol–water partition coefficient (Wildman–Crippen LogP) is 4.39. The van der Waals surface area contributed by atoms with Crippen LogP contribution in [0.3, 0.4) is 0 Å². The minimum Gasteiger partial charge on any atom is -0.496 e. The zero-order valence-corrected chi connectivity index (χ0v) is 18.4. The molecule has 0 aliphatic heterocycles. The maximum Gasteiger partial charge on any atom is 0.271 e. The van der Waals surface area contributed by atoms with Gasteiger partial charge in [-0.3, -0.25) is 9.48 Å². The molecule has 0 radical (unpaired) electrons. The number of rotatable bonds is 6. The number of methoxy groups -OCH3 is 1. The molecule has 29 heavy (non-hydrogen) atoms. The van der Waals surface area contributed by atoms with Gasteiger partial charge in [0.15, 0.2) is 0 Å². The number of nitrogens with one attached hydrogen (secondary N) is 1. The molecule has 0 saturated carbocycles. The van der Waals surface area contributed by atoms with Crippen molar-refractivity contribution in [2.75, 3.05) is 7.11 Å². The van der Waals surface area contributed by atoms with Gasteiger partial charge in [-0.15, -0.1) is 0 Å². The first-order chi connectivity index (χ1) is 13.9. The third kappa shape index (κ3) is 4.92. The number of amides is 1. The predicted molar refractivity (Wildman–Crippen MR) is 118 cm³/mol. The quantitative estimate of drug-likeness (QED) is 0.443. The Balaban J connectivity index is 1.75. The van der Waals surface area contributed by atoms with Gasteiger partial charge in [0.2, 0.25) is 0 Å². The van der Waals surface area contributed by atoms with Crippen LogP contribution in [0.4, 0.5) is 0 Å². The molecule has 6 nitrogen and oxygen atoms in total. The molecule has 3 aromatic rings. The summed E-state index contributed by atoms with van der Waals surface area (Å²) in [6, 6.07) is 13.1. The Morgan fingerprint density at radius 1 is 1.21 bits per heavy atom. The van der Waals surface area contributed by atoms with Crippen LogP contribution in [0.1, 0.15) is 38.4 Å². The van der Waals surface area contributed by atoms with Crippen molar-refractivity contribution < 1.29 is 9.53 Å². The van der Waals surface area contributed by atoms with Crippen molar-refractivity contribution in [1.82, 2.24) is 15.2 Å². The summed E-state index contributed by atoms with van der Waals surface area (Å²) in [5.41, 5.74) is 8.05. The number of benzene rings is 2. The van der Waals surface area contributed by atoms with Crippen LogP contribution in [-0.2, 0) is 6.54 Å². The second kappa shape index (κ2) is 9.05. The Morgan fingerprint density at radius 3 is 2.55 bits per heavy atom. The summed E-state index contributed by atoms with van der Waals surface area (Å²) in [6.07, 6.45) is 1.62. The first kappa shape index (κ1) is 20.8. The van der Waals surface area contributed by atoms with Gasteiger partial charge in [0.05, 0.1) is 35.7 Å². The molecule has 1 amide bonds. The van der Waals surface area contributed by atoms with Crippen LogP contribution in [0.2, 0.25) is 0 Å². The van der Waals surface area contributed by atoms with E-state index in [9.17, 15) is 4.79 Å². The Hall–Kier alpha value is -2.93. The summed E-state index contributed by atoms with van der Waals surface area (Å²) < 4.78 is 8.43. The summed E-state index contributed by atoms with van der Waals surface area (Å²) >= 11 is 3.56. The summed E-state index contributed by atoms with van der Waals surface area (Å²) in [5.74, 6) is 0.525. The molecule has 3 rings (SSSR count). The SMILES string of the molecule is COc1ccc(C=NNC(=O)c2ccc(C)cc2)cc1Cn1nc(C)c(Br)c1C. The van der Waals surface area contributed by atoms with Gasteiger partial charge >= 0.3 is 0 Å². The molecule has 2 aromatic carbocycles. The Kier molecular flexibility index (Phi) is 6.49. The van der Waals surface area contributed by atoms with Crippen LogP contribution in [0.5, 0.6) is 5.75 Å². The highest BCUT2D eigenvalue weighted by Gasteiger charge is 2.12. The first-order valence-electron chi connectivity index (χ1n) is 9.15. The molecule has 0 atom stereocenters. The third-order valence-electron chi connectivity index (χ3n) is 4.61. The average Bonchev–Trinajstić information content (AvgIpc) is 2.95. The smallest absolute Gasteiger partial charge is 0.271 e. The Morgan fingerprint density at radius 2 is 1.93 bits per heavy atom. The van der Waals surface area contributed by atoms with E-state index in [0.29, 0.717) is 12.1 Å². The fraction of sp³-hybridized carbons (Fsp3) is 0.227. The molecule has 0 saturated heterocycles. The fourth-order valence-electron chi connectivity index (χ4n) is 2.93. The van der Waals surface area contributed by atoms with Crippen LogP contribution in [0.25, 0.3) is 0 Å². The van der Waals surface area contributed by atoms with E-state index >= 15 is 0 Å². The molecule has 1 N–H and O–H groups in total. The number of aromatic nitrogens is 2. The average molecular weight is 455 g/mol. The third-order valence-corrected chi connectivity index (χ3v) is 5.76. The molecular formula is C22H23BrN4O2. The molecular weight excluding hydrogens is 432 g/mol. The molecule has 150 valence electrons. The summed E-state index contributed by atoms with van der Waals surface area (Å²) in [4.78, 5) is 12.2. The van der Waals surface area contributed by atoms with Gasteiger partial charge in [-0.25, -0.2) is 5.43 Å². The first-order valence-corrected chi connectivity index (χ1v) is 9.95. The number of ether oxygens (including phenoxy) is 1. The highest BCUT2D eigenvalue weighted by molar-refractivity contribution is 9.10. The number of halogens is 1. The van der Waals surface area contributed by atoms with Crippen molar-refractivity contribution in [3.8, 4) is 5.75 Å². The molecule has 0 fully saturated rings. The van der Waals surface area contributed by atoms with Crippen LogP contribution in [0.15, 0.2) is 52.0 Å². The van der Waals surface area contributed by atoms with Gasteiger partial charge in [-0.05, 0) is 72.6 Å². The van der Waals surface area contributed by atoms with Crippen molar-refractivity contribution in [2.24, 2.45) is 5.10 Å². The monoisotopic (exact) mass is 454 g/mol. The Labute approximate surface area is 178 Å². The van der Waals surface area contributed by atoms with E-state index in [4.69, 9.17) is 4.74 Å². The van der Waals surface area contributed by atoms with Gasteiger partial charge in [0.1, 0.15) is 5.75 Å². The fourth-order valence-corrected chi connectivity index (χ4v) is 3.21. The van der Waals surface area contributed by atoms with Gasteiger partial charge < -0.3 is 4.74 Å². The number of hydrazone groups is 1. The van der Waals surface area contributed by atoms with Crippen molar-refractivity contribution in [3.63, 3.8) is 0 Å². The lowest BCUT2D eigenvalue weighted by Gasteiger charge is -2.11. The number of nitrogens with zero attached hydrogens (tertiary/aromatic N) is 3. The van der Waals surface area contributed by atoms with Crippen molar-refractivity contribution in [3.05, 3.63) is 80.6 Å². The zero-order valence-electron chi connectivity index (χ0n) is 16.9. The topological polar surface area (TPSA) is 68.5 Å². The number of carbonyl (C=O) groups excluding carboxylic acids is 1. The van der Waals surface area contributed by atoms with Crippen LogP contribution in [-0.4, -0.2) is 29.0 Å². The van der Waals surface area contributed by atoms with Crippen LogP contribution >= 0.6 is 15.9 Å². The molecule has 0 aliphatic rings. The van der Waals surface area contributed by atoms with E-state index in [1.54, 1.807) is 25.5 Å². The standard InChI is InChI=1S/C22H23BrN4O2/c1-14-5-8-18(9-6-14)22(28)25-24-12-17-7-10-20(29-4)19(11-17)13-27-16(3)21(23)15(2)26-27/h5-12H,13H2,1-4H3,(H,25,28). The molecule has 0 spiro atoms. The maximum absolute atomic E-state index is 12.2. The van der Waals surface area contributed by atoms with Gasteiger partial charge in [-0.1, -0.05) is 17.7 Å². The number of hydrogen-bond donors (Lipinski definition) is 1. The lowest BCUT2D eigenvalue weighted by Crippen LogP contribution is -2.17. The van der Waals surface area contributed by atoms with E-state index in [0.717, 1.165) is 38.3 Å². The minimum absolute atomic E-state index is 0.248. The summed E-state index contributed by atoms with van der Waals surface area (Å²) in [6.45, 7) is 6.53. The lowest BCUT2D eigenvalue weighted by atomic mass is 10.1. The van der Waals surface area contributed by atoms with Crippen molar-refractivity contribution in [1.29, 1.82) is 0 Å². The summed E-state index contributed by atoms with van der Waals surface area (Å²) in [7, 11) is 1.64. The van der Waals surface area contributed by atoms with E-state index in [1.807, 2.05) is 55.8 Å². The van der Waals surface area contributed by atoms with Gasteiger partial charge in [-0.2, -0.15) is 10.2 Å². The van der Waals surface area contributed by atoms with Gasteiger partial charge in [0.25, 0.3) is 5.91 Å². The van der Waals surface area contributed by atoms with E-state index < -0.39 is 0 Å². The molecule has 0 unspecified atom stereocenters. The summed E-state index contributed by atoms with van der Waals surface area (Å²) in [5, 5.41) is 8.64.